The van der Waals surface area contributed by atoms with Crippen molar-refractivity contribution in [1.29, 1.82) is 0 Å². The maximum atomic E-state index is 13.2. The molecular formula is C14H14BrFN2. The minimum absolute atomic E-state index is 0.227. The number of nitrogens with one attached hydrogen (secondary N) is 1. The molecule has 1 aromatic heterocycles. The van der Waals surface area contributed by atoms with E-state index in [9.17, 15) is 4.39 Å². The van der Waals surface area contributed by atoms with Gasteiger partial charge in [-0.3, -0.25) is 4.98 Å². The Morgan fingerprint density at radius 1 is 1.28 bits per heavy atom. The molecule has 2 rings (SSSR count). The van der Waals surface area contributed by atoms with Crippen molar-refractivity contribution in [2.45, 2.75) is 20.0 Å². The molecule has 0 aliphatic heterocycles. The Balaban J connectivity index is 1.94. The highest BCUT2D eigenvalue weighted by atomic mass is 79.9. The number of benzene rings is 1. The molecular weight excluding hydrogens is 295 g/mol. The lowest BCUT2D eigenvalue weighted by atomic mass is 10.2. The number of nitrogens with zero attached hydrogens (tertiary/aromatic N) is 1. The molecule has 0 saturated carbocycles. The van der Waals surface area contributed by atoms with Gasteiger partial charge in [-0.15, -0.1) is 0 Å². The molecule has 0 atom stereocenters. The number of rotatable bonds is 4. The standard InChI is InChI=1S/C14H14BrFN2/c1-10-3-2-4-18-14(10)9-17-8-11-5-12(15)7-13(16)6-11/h2-7,17H,8-9H2,1H3. The second-order valence-electron chi connectivity index (χ2n) is 4.15. The van der Waals surface area contributed by atoms with E-state index in [1.165, 1.54) is 12.1 Å². The van der Waals surface area contributed by atoms with E-state index in [1.54, 1.807) is 6.20 Å². The van der Waals surface area contributed by atoms with Crippen LogP contribution in [0.1, 0.15) is 16.8 Å². The van der Waals surface area contributed by atoms with Crippen molar-refractivity contribution in [2.75, 3.05) is 0 Å². The Morgan fingerprint density at radius 3 is 2.83 bits per heavy atom. The van der Waals surface area contributed by atoms with Gasteiger partial charge in [0.05, 0.1) is 5.69 Å². The predicted octanol–water partition coefficient (Wildman–Crippen LogP) is 3.58. The summed E-state index contributed by atoms with van der Waals surface area (Å²) in [4.78, 5) is 4.30. The molecule has 2 nitrogen and oxygen atoms in total. The van der Waals surface area contributed by atoms with Crippen LogP contribution in [0.15, 0.2) is 41.0 Å². The van der Waals surface area contributed by atoms with Crippen LogP contribution in [0.25, 0.3) is 0 Å². The van der Waals surface area contributed by atoms with Crippen molar-refractivity contribution in [3.63, 3.8) is 0 Å². The molecule has 0 aliphatic rings. The molecule has 0 saturated heterocycles. The normalized spacial score (nSPS) is 10.6. The lowest BCUT2D eigenvalue weighted by Crippen LogP contribution is -2.14. The maximum Gasteiger partial charge on any atom is 0.124 e. The predicted molar refractivity (Wildman–Crippen MR) is 73.6 cm³/mol. The molecule has 0 amide bonds. The largest absolute Gasteiger partial charge is 0.307 e. The van der Waals surface area contributed by atoms with Crippen LogP contribution in [-0.4, -0.2) is 4.98 Å². The number of aryl methyl sites for hydroxylation is 1. The van der Waals surface area contributed by atoms with Crippen molar-refractivity contribution in [3.8, 4) is 0 Å². The Hall–Kier alpha value is -1.26. The summed E-state index contributed by atoms with van der Waals surface area (Å²) in [5.74, 6) is -0.227. The molecule has 0 bridgehead atoms. The van der Waals surface area contributed by atoms with E-state index in [-0.39, 0.29) is 5.82 Å². The van der Waals surface area contributed by atoms with Crippen LogP contribution < -0.4 is 5.32 Å². The summed E-state index contributed by atoms with van der Waals surface area (Å²) in [6.45, 7) is 3.33. The number of hydrogen-bond donors (Lipinski definition) is 1. The topological polar surface area (TPSA) is 24.9 Å². The van der Waals surface area contributed by atoms with Crippen molar-refractivity contribution in [3.05, 3.63) is 63.6 Å². The maximum absolute atomic E-state index is 13.2. The molecule has 94 valence electrons. The van der Waals surface area contributed by atoms with Gasteiger partial charge in [-0.1, -0.05) is 22.0 Å². The van der Waals surface area contributed by atoms with Crippen LogP contribution in [0.3, 0.4) is 0 Å². The first kappa shape index (κ1) is 13.2. The molecule has 18 heavy (non-hydrogen) atoms. The smallest absolute Gasteiger partial charge is 0.124 e. The monoisotopic (exact) mass is 308 g/mol. The fourth-order valence-corrected chi connectivity index (χ4v) is 2.25. The van der Waals surface area contributed by atoms with Gasteiger partial charge in [-0.25, -0.2) is 4.39 Å². The highest BCUT2D eigenvalue weighted by Gasteiger charge is 2.01. The summed E-state index contributed by atoms with van der Waals surface area (Å²) in [6.07, 6.45) is 1.78. The SMILES string of the molecule is Cc1cccnc1CNCc1cc(F)cc(Br)c1. The van der Waals surface area contributed by atoms with Gasteiger partial charge in [0.1, 0.15) is 5.82 Å². The van der Waals surface area contributed by atoms with E-state index in [4.69, 9.17) is 0 Å². The minimum Gasteiger partial charge on any atom is -0.307 e. The summed E-state index contributed by atoms with van der Waals surface area (Å²) >= 11 is 3.28. The zero-order valence-corrected chi connectivity index (χ0v) is 11.7. The number of pyridine rings is 1. The van der Waals surface area contributed by atoms with E-state index >= 15 is 0 Å². The minimum atomic E-state index is -0.227. The summed E-state index contributed by atoms with van der Waals surface area (Å²) in [7, 11) is 0. The van der Waals surface area contributed by atoms with Gasteiger partial charge in [0.2, 0.25) is 0 Å². The van der Waals surface area contributed by atoms with Crippen LogP contribution >= 0.6 is 15.9 Å². The molecule has 0 fully saturated rings. The Bertz CT molecular complexity index is 523. The van der Waals surface area contributed by atoms with Crippen LogP contribution in [0, 0.1) is 12.7 Å². The number of halogens is 2. The van der Waals surface area contributed by atoms with Crippen LogP contribution in [0.2, 0.25) is 0 Å². The Morgan fingerprint density at radius 2 is 2.11 bits per heavy atom. The molecule has 1 heterocycles. The van der Waals surface area contributed by atoms with E-state index in [1.807, 2.05) is 25.1 Å². The van der Waals surface area contributed by atoms with Crippen LogP contribution in [0.4, 0.5) is 4.39 Å². The van der Waals surface area contributed by atoms with Gasteiger partial charge in [0.25, 0.3) is 0 Å². The third-order valence-electron chi connectivity index (χ3n) is 2.66. The lowest BCUT2D eigenvalue weighted by Gasteiger charge is -2.07. The summed E-state index contributed by atoms with van der Waals surface area (Å²) < 4.78 is 13.9. The molecule has 2 aromatic rings. The third-order valence-corrected chi connectivity index (χ3v) is 3.12. The molecule has 0 spiro atoms. The van der Waals surface area contributed by atoms with Gasteiger partial charge in [-0.2, -0.15) is 0 Å². The van der Waals surface area contributed by atoms with Crippen molar-refractivity contribution in [2.24, 2.45) is 0 Å². The summed E-state index contributed by atoms with van der Waals surface area (Å²) in [5, 5.41) is 3.26. The van der Waals surface area contributed by atoms with Gasteiger partial charge in [-0.05, 0) is 42.3 Å². The van der Waals surface area contributed by atoms with E-state index in [0.29, 0.717) is 13.1 Å². The second kappa shape index (κ2) is 6.07. The number of aromatic nitrogens is 1. The zero-order valence-electron chi connectivity index (χ0n) is 10.1. The van der Waals surface area contributed by atoms with Gasteiger partial charge in [0.15, 0.2) is 0 Å². The fraction of sp³-hybridized carbons (Fsp3) is 0.214. The average molecular weight is 309 g/mol. The van der Waals surface area contributed by atoms with E-state index in [2.05, 4.69) is 26.2 Å². The van der Waals surface area contributed by atoms with E-state index in [0.717, 1.165) is 21.3 Å². The summed E-state index contributed by atoms with van der Waals surface area (Å²) in [6, 6.07) is 8.84. The Kier molecular flexibility index (Phi) is 4.44. The van der Waals surface area contributed by atoms with Crippen molar-refractivity contribution >= 4 is 15.9 Å². The highest BCUT2D eigenvalue weighted by Crippen LogP contribution is 2.14. The molecule has 4 heteroatoms. The Labute approximate surface area is 114 Å². The average Bonchev–Trinajstić information content (AvgIpc) is 2.30. The van der Waals surface area contributed by atoms with Gasteiger partial charge >= 0.3 is 0 Å². The number of hydrogen-bond acceptors (Lipinski definition) is 2. The second-order valence-corrected chi connectivity index (χ2v) is 5.06. The first-order valence-corrected chi connectivity index (χ1v) is 6.50. The fourth-order valence-electron chi connectivity index (χ4n) is 1.74. The summed E-state index contributed by atoms with van der Waals surface area (Å²) in [5.41, 5.74) is 3.09. The molecule has 0 aliphatic carbocycles. The van der Waals surface area contributed by atoms with Gasteiger partial charge < -0.3 is 5.32 Å². The lowest BCUT2D eigenvalue weighted by molar-refractivity contribution is 0.618. The molecule has 1 N–H and O–H groups in total. The van der Waals surface area contributed by atoms with Crippen LogP contribution in [-0.2, 0) is 13.1 Å². The van der Waals surface area contributed by atoms with Crippen molar-refractivity contribution < 1.29 is 4.39 Å². The third kappa shape index (κ3) is 3.62. The zero-order chi connectivity index (χ0) is 13.0. The van der Waals surface area contributed by atoms with Gasteiger partial charge in [0, 0.05) is 23.8 Å². The van der Waals surface area contributed by atoms with Crippen molar-refractivity contribution in [1.82, 2.24) is 10.3 Å². The van der Waals surface area contributed by atoms with Crippen LogP contribution in [0.5, 0.6) is 0 Å². The first-order chi connectivity index (χ1) is 8.65. The quantitative estimate of drug-likeness (QED) is 0.934. The molecule has 0 radical (unpaired) electrons. The molecule has 1 aromatic carbocycles. The first-order valence-electron chi connectivity index (χ1n) is 5.71. The highest BCUT2D eigenvalue weighted by molar-refractivity contribution is 9.10. The van der Waals surface area contributed by atoms with E-state index < -0.39 is 0 Å². The molecule has 0 unspecified atom stereocenters.